The molecule has 0 aliphatic carbocycles. The van der Waals surface area contributed by atoms with Crippen molar-refractivity contribution in [2.75, 3.05) is 0 Å². The summed E-state index contributed by atoms with van der Waals surface area (Å²) >= 11 is 0. The van der Waals surface area contributed by atoms with Crippen molar-refractivity contribution in [3.63, 3.8) is 0 Å². The fourth-order valence-corrected chi connectivity index (χ4v) is 0.406. The van der Waals surface area contributed by atoms with Gasteiger partial charge in [0, 0.05) is 6.20 Å². The molecule has 0 aromatic carbocycles. The summed E-state index contributed by atoms with van der Waals surface area (Å²) in [6, 6.07) is 0. The van der Waals surface area contributed by atoms with Crippen LogP contribution in [0.1, 0.15) is 6.92 Å². The SMILES string of the molecule is C=C/C=C/C=C/N/C=C/C. The van der Waals surface area contributed by atoms with E-state index >= 15 is 0 Å². The molecule has 0 aromatic rings. The summed E-state index contributed by atoms with van der Waals surface area (Å²) in [5, 5.41) is 2.95. The molecule has 0 amide bonds. The van der Waals surface area contributed by atoms with Gasteiger partial charge in [0.15, 0.2) is 0 Å². The molecule has 0 heterocycles. The van der Waals surface area contributed by atoms with Crippen LogP contribution in [-0.2, 0) is 0 Å². The van der Waals surface area contributed by atoms with Gasteiger partial charge in [0.1, 0.15) is 0 Å². The van der Waals surface area contributed by atoms with Gasteiger partial charge in [-0.1, -0.05) is 30.9 Å². The van der Waals surface area contributed by atoms with Crippen LogP contribution in [0.25, 0.3) is 0 Å². The predicted octanol–water partition coefficient (Wildman–Crippen LogP) is 2.37. The van der Waals surface area contributed by atoms with Gasteiger partial charge in [0.25, 0.3) is 0 Å². The Morgan fingerprint density at radius 3 is 2.50 bits per heavy atom. The van der Waals surface area contributed by atoms with Crippen LogP contribution >= 0.6 is 0 Å². The Hall–Kier alpha value is -1.24. The van der Waals surface area contributed by atoms with Gasteiger partial charge in [-0.25, -0.2) is 0 Å². The van der Waals surface area contributed by atoms with Crippen molar-refractivity contribution in [3.8, 4) is 0 Å². The Morgan fingerprint density at radius 2 is 1.90 bits per heavy atom. The average molecular weight is 135 g/mol. The minimum Gasteiger partial charge on any atom is -0.368 e. The molecule has 1 N–H and O–H groups in total. The van der Waals surface area contributed by atoms with Crippen LogP contribution in [0.2, 0.25) is 0 Å². The summed E-state index contributed by atoms with van der Waals surface area (Å²) in [5.74, 6) is 0. The average Bonchev–Trinajstić information content (AvgIpc) is 1.97. The Morgan fingerprint density at radius 1 is 1.10 bits per heavy atom. The topological polar surface area (TPSA) is 12.0 Å². The van der Waals surface area contributed by atoms with Gasteiger partial charge in [-0.05, 0) is 19.2 Å². The third kappa shape index (κ3) is 6.76. The molecule has 0 fully saturated rings. The van der Waals surface area contributed by atoms with Crippen molar-refractivity contribution in [2.45, 2.75) is 6.92 Å². The Balaban J connectivity index is 3.37. The van der Waals surface area contributed by atoms with Crippen LogP contribution in [0.3, 0.4) is 0 Å². The first-order valence-corrected chi connectivity index (χ1v) is 3.23. The van der Waals surface area contributed by atoms with Crippen molar-refractivity contribution in [1.82, 2.24) is 5.32 Å². The molecule has 54 valence electrons. The lowest BCUT2D eigenvalue weighted by molar-refractivity contribution is 1.19. The fraction of sp³-hybridized carbons (Fsp3) is 0.111. The summed E-state index contributed by atoms with van der Waals surface area (Å²) < 4.78 is 0. The quantitative estimate of drug-likeness (QED) is 0.583. The monoisotopic (exact) mass is 135 g/mol. The molecule has 0 radical (unpaired) electrons. The molecule has 1 nitrogen and oxygen atoms in total. The summed E-state index contributed by atoms with van der Waals surface area (Å²) in [7, 11) is 0. The first kappa shape index (κ1) is 8.76. The van der Waals surface area contributed by atoms with Crippen LogP contribution in [-0.4, -0.2) is 0 Å². The third-order valence-corrected chi connectivity index (χ3v) is 0.814. The highest BCUT2D eigenvalue weighted by Gasteiger charge is 1.60. The van der Waals surface area contributed by atoms with E-state index < -0.39 is 0 Å². The third-order valence-electron chi connectivity index (χ3n) is 0.814. The van der Waals surface area contributed by atoms with Crippen LogP contribution < -0.4 is 5.32 Å². The predicted molar refractivity (Wildman–Crippen MR) is 46.4 cm³/mol. The summed E-state index contributed by atoms with van der Waals surface area (Å²) in [4.78, 5) is 0. The second-order valence-electron chi connectivity index (χ2n) is 1.65. The van der Waals surface area contributed by atoms with Crippen molar-refractivity contribution in [3.05, 3.63) is 49.4 Å². The molecule has 0 saturated heterocycles. The van der Waals surface area contributed by atoms with Crippen LogP contribution in [0.5, 0.6) is 0 Å². The maximum Gasteiger partial charge on any atom is 0.000429 e. The molecule has 0 saturated carbocycles. The lowest BCUT2D eigenvalue weighted by atomic mass is 10.5. The standard InChI is InChI=1S/C9H13N/c1-3-5-6-7-9-10-8-4-2/h3-10H,1H2,2H3/b6-5+,8-4+,9-7+. The van der Waals surface area contributed by atoms with Crippen molar-refractivity contribution in [2.24, 2.45) is 0 Å². The Kier molecular flexibility index (Phi) is 6.80. The molecule has 1 heteroatoms. The van der Waals surface area contributed by atoms with Crippen LogP contribution in [0.15, 0.2) is 49.4 Å². The van der Waals surface area contributed by atoms with Gasteiger partial charge >= 0.3 is 0 Å². The van der Waals surface area contributed by atoms with E-state index in [9.17, 15) is 0 Å². The molecule has 0 aliphatic heterocycles. The molecular weight excluding hydrogens is 122 g/mol. The van der Waals surface area contributed by atoms with Gasteiger partial charge in [-0.2, -0.15) is 0 Å². The van der Waals surface area contributed by atoms with E-state index in [4.69, 9.17) is 0 Å². The van der Waals surface area contributed by atoms with Crippen LogP contribution in [0.4, 0.5) is 0 Å². The van der Waals surface area contributed by atoms with E-state index in [1.807, 2.05) is 43.6 Å². The minimum atomic E-state index is 1.74. The largest absolute Gasteiger partial charge is 0.368 e. The minimum absolute atomic E-state index is 1.74. The van der Waals surface area contributed by atoms with Crippen LogP contribution in [0, 0.1) is 0 Å². The van der Waals surface area contributed by atoms with Crippen molar-refractivity contribution >= 4 is 0 Å². The summed E-state index contributed by atoms with van der Waals surface area (Å²) in [6.07, 6.45) is 13.1. The van der Waals surface area contributed by atoms with Crippen molar-refractivity contribution in [1.29, 1.82) is 0 Å². The summed E-state index contributed by atoms with van der Waals surface area (Å²) in [5.41, 5.74) is 0. The molecule has 0 spiro atoms. The van der Waals surface area contributed by atoms with E-state index in [-0.39, 0.29) is 0 Å². The number of rotatable bonds is 4. The zero-order valence-electron chi connectivity index (χ0n) is 6.25. The fourth-order valence-electron chi connectivity index (χ4n) is 0.406. The molecule has 0 atom stereocenters. The zero-order valence-corrected chi connectivity index (χ0v) is 6.25. The van der Waals surface area contributed by atoms with E-state index in [0.717, 1.165) is 0 Å². The Bertz CT molecular complexity index is 152. The smallest absolute Gasteiger partial charge is 0.000429 e. The molecule has 0 unspecified atom stereocenters. The zero-order chi connectivity index (χ0) is 7.66. The Labute approximate surface area is 62.5 Å². The lowest BCUT2D eigenvalue weighted by Crippen LogP contribution is -1.88. The van der Waals surface area contributed by atoms with E-state index in [1.54, 1.807) is 6.08 Å². The highest BCUT2D eigenvalue weighted by molar-refractivity contribution is 5.08. The number of hydrogen-bond donors (Lipinski definition) is 1. The number of hydrogen-bond acceptors (Lipinski definition) is 1. The maximum atomic E-state index is 3.54. The second-order valence-corrected chi connectivity index (χ2v) is 1.65. The normalized spacial score (nSPS) is 11.7. The molecule has 0 aliphatic rings. The van der Waals surface area contributed by atoms with E-state index in [0.29, 0.717) is 0 Å². The first-order valence-electron chi connectivity index (χ1n) is 3.23. The molecule has 0 bridgehead atoms. The van der Waals surface area contributed by atoms with E-state index in [2.05, 4.69) is 11.9 Å². The van der Waals surface area contributed by atoms with Gasteiger partial charge in [-0.3, -0.25) is 0 Å². The molecule has 0 rings (SSSR count). The number of allylic oxidation sites excluding steroid dienone is 5. The van der Waals surface area contributed by atoms with Gasteiger partial charge in [0.2, 0.25) is 0 Å². The van der Waals surface area contributed by atoms with Gasteiger partial charge < -0.3 is 5.32 Å². The van der Waals surface area contributed by atoms with Crippen molar-refractivity contribution < 1.29 is 0 Å². The highest BCUT2D eigenvalue weighted by Crippen LogP contribution is 1.75. The van der Waals surface area contributed by atoms with E-state index in [1.165, 1.54) is 0 Å². The van der Waals surface area contributed by atoms with Gasteiger partial charge in [-0.15, -0.1) is 0 Å². The second kappa shape index (κ2) is 7.76. The highest BCUT2D eigenvalue weighted by atomic mass is 14.8. The molecule has 10 heavy (non-hydrogen) atoms. The first-order chi connectivity index (χ1) is 4.91. The maximum absolute atomic E-state index is 3.54. The number of nitrogens with one attached hydrogen (secondary N) is 1. The molecule has 0 aromatic heterocycles. The lowest BCUT2D eigenvalue weighted by Gasteiger charge is -1.83. The van der Waals surface area contributed by atoms with Gasteiger partial charge in [0.05, 0.1) is 0 Å². The molecular formula is C9H13N. The summed E-state index contributed by atoms with van der Waals surface area (Å²) in [6.45, 7) is 5.50.